The number of rotatable bonds is 4. The van der Waals surface area contributed by atoms with Gasteiger partial charge in [-0.05, 0) is 29.6 Å². The molecule has 0 aliphatic heterocycles. The number of hydrogen-bond acceptors (Lipinski definition) is 4. The van der Waals surface area contributed by atoms with Crippen LogP contribution in [0.4, 0.5) is 14.5 Å². The van der Waals surface area contributed by atoms with E-state index in [0.29, 0.717) is 5.69 Å². The number of carbonyl (C=O) groups excluding carboxylic acids is 1. The molecule has 0 bridgehead atoms. The summed E-state index contributed by atoms with van der Waals surface area (Å²) in [6.07, 6.45) is 0. The normalized spacial score (nSPS) is 10.6. The number of amides is 1. The van der Waals surface area contributed by atoms with Gasteiger partial charge in [-0.2, -0.15) is 5.10 Å². The number of anilines is 1. The predicted molar refractivity (Wildman–Crippen MR) is 86.8 cm³/mol. The van der Waals surface area contributed by atoms with Gasteiger partial charge in [0.2, 0.25) is 5.91 Å². The number of aromatic nitrogens is 2. The molecular weight excluding hydrogens is 336 g/mol. The van der Waals surface area contributed by atoms with Crippen molar-refractivity contribution in [3.05, 3.63) is 69.8 Å². The van der Waals surface area contributed by atoms with Crippen LogP contribution in [0.25, 0.3) is 10.6 Å². The molecule has 122 valence electrons. The van der Waals surface area contributed by atoms with Gasteiger partial charge in [0.05, 0.1) is 4.88 Å². The van der Waals surface area contributed by atoms with Crippen LogP contribution < -0.4 is 10.9 Å². The average molecular weight is 347 g/mol. The van der Waals surface area contributed by atoms with Crippen molar-refractivity contribution < 1.29 is 13.6 Å². The second-order valence-electron chi connectivity index (χ2n) is 4.87. The summed E-state index contributed by atoms with van der Waals surface area (Å²) in [5.41, 5.74) is 0.238. The third-order valence-electron chi connectivity index (χ3n) is 3.14. The molecule has 1 aromatic carbocycles. The molecule has 8 heteroatoms. The minimum absolute atomic E-state index is 0.0985. The Hall–Kier alpha value is -2.87. The summed E-state index contributed by atoms with van der Waals surface area (Å²) < 4.78 is 27.0. The first-order chi connectivity index (χ1) is 11.5. The summed E-state index contributed by atoms with van der Waals surface area (Å²) in [6.45, 7) is -0.336. The fraction of sp³-hybridized carbons (Fsp3) is 0.0625. The van der Waals surface area contributed by atoms with Gasteiger partial charge in [-0.15, -0.1) is 11.3 Å². The standard InChI is InChI=1S/C16H11F2N3O2S/c17-11-4-3-10(8-12(11)18)19-15(22)9-21-16(23)6-5-13(20-21)14-2-1-7-24-14/h1-8H,9H2,(H,19,22). The van der Waals surface area contributed by atoms with E-state index in [9.17, 15) is 18.4 Å². The largest absolute Gasteiger partial charge is 0.324 e. The molecule has 0 aliphatic rings. The summed E-state index contributed by atoms with van der Waals surface area (Å²) in [7, 11) is 0. The number of nitrogens with one attached hydrogen (secondary N) is 1. The molecule has 5 nitrogen and oxygen atoms in total. The maximum atomic E-state index is 13.1. The third kappa shape index (κ3) is 3.54. The summed E-state index contributed by atoms with van der Waals surface area (Å²) in [6, 6.07) is 9.62. The zero-order valence-corrected chi connectivity index (χ0v) is 13.0. The molecule has 3 aromatic rings. The molecule has 2 heterocycles. The number of halogens is 2. The van der Waals surface area contributed by atoms with E-state index in [1.165, 1.54) is 23.5 Å². The topological polar surface area (TPSA) is 64.0 Å². The van der Waals surface area contributed by atoms with Crippen LogP contribution in [0.3, 0.4) is 0 Å². The van der Waals surface area contributed by atoms with Gasteiger partial charge in [-0.1, -0.05) is 6.07 Å². The Morgan fingerprint density at radius 1 is 1.17 bits per heavy atom. The van der Waals surface area contributed by atoms with Gasteiger partial charge in [0, 0.05) is 17.8 Å². The SMILES string of the molecule is O=C(Cn1nc(-c2cccs2)ccc1=O)Nc1ccc(F)c(F)c1. The first-order valence-electron chi connectivity index (χ1n) is 6.90. The first kappa shape index (κ1) is 16.0. The predicted octanol–water partition coefficient (Wildman–Crippen LogP) is 2.89. The number of benzene rings is 1. The smallest absolute Gasteiger partial charge is 0.267 e. The van der Waals surface area contributed by atoms with E-state index in [2.05, 4.69) is 10.4 Å². The highest BCUT2D eigenvalue weighted by Gasteiger charge is 2.10. The lowest BCUT2D eigenvalue weighted by atomic mass is 10.3. The Labute approximate surface area is 139 Å². The Balaban J connectivity index is 1.77. The quantitative estimate of drug-likeness (QED) is 0.789. The minimum atomic E-state index is -1.07. The molecule has 1 amide bonds. The lowest BCUT2D eigenvalue weighted by Crippen LogP contribution is -2.29. The van der Waals surface area contributed by atoms with Gasteiger partial charge in [0.1, 0.15) is 12.2 Å². The van der Waals surface area contributed by atoms with Crippen molar-refractivity contribution in [2.24, 2.45) is 0 Å². The molecule has 1 N–H and O–H groups in total. The Kier molecular flexibility index (Phi) is 4.48. The van der Waals surface area contributed by atoms with E-state index in [1.54, 1.807) is 6.07 Å². The van der Waals surface area contributed by atoms with Crippen LogP contribution in [0.2, 0.25) is 0 Å². The van der Waals surface area contributed by atoms with Crippen LogP contribution in [-0.4, -0.2) is 15.7 Å². The summed E-state index contributed by atoms with van der Waals surface area (Å²) in [5.74, 6) is -2.64. The first-order valence-corrected chi connectivity index (χ1v) is 7.78. The van der Waals surface area contributed by atoms with Crippen LogP contribution in [-0.2, 0) is 11.3 Å². The highest BCUT2D eigenvalue weighted by molar-refractivity contribution is 7.13. The zero-order chi connectivity index (χ0) is 17.1. The van der Waals surface area contributed by atoms with Crippen LogP contribution in [0.15, 0.2) is 52.6 Å². The van der Waals surface area contributed by atoms with Gasteiger partial charge >= 0.3 is 0 Å². The van der Waals surface area contributed by atoms with Crippen molar-refractivity contribution in [3.8, 4) is 10.6 Å². The highest BCUT2D eigenvalue weighted by Crippen LogP contribution is 2.21. The third-order valence-corrected chi connectivity index (χ3v) is 4.03. The van der Waals surface area contributed by atoms with Crippen LogP contribution >= 0.6 is 11.3 Å². The van der Waals surface area contributed by atoms with Crippen molar-refractivity contribution in [1.82, 2.24) is 9.78 Å². The van der Waals surface area contributed by atoms with Crippen molar-refractivity contribution >= 4 is 22.9 Å². The molecule has 0 unspecified atom stereocenters. The lowest BCUT2D eigenvalue weighted by Gasteiger charge is -2.08. The summed E-state index contributed by atoms with van der Waals surface area (Å²) in [4.78, 5) is 24.7. The van der Waals surface area contributed by atoms with Crippen LogP contribution in [0, 0.1) is 11.6 Å². The van der Waals surface area contributed by atoms with E-state index in [-0.39, 0.29) is 12.2 Å². The van der Waals surface area contributed by atoms with Crippen LogP contribution in [0.1, 0.15) is 0 Å². The molecule has 0 aliphatic carbocycles. The fourth-order valence-corrected chi connectivity index (χ4v) is 2.72. The maximum absolute atomic E-state index is 13.1. The molecule has 0 radical (unpaired) electrons. The lowest BCUT2D eigenvalue weighted by molar-refractivity contribution is -0.117. The van der Waals surface area contributed by atoms with Crippen molar-refractivity contribution in [1.29, 1.82) is 0 Å². The van der Waals surface area contributed by atoms with Gasteiger partial charge in [-0.3, -0.25) is 9.59 Å². The molecule has 0 saturated heterocycles. The molecule has 0 saturated carbocycles. The molecule has 2 aromatic heterocycles. The molecular formula is C16H11F2N3O2S. The molecule has 0 atom stereocenters. The Morgan fingerprint density at radius 3 is 2.71 bits per heavy atom. The molecule has 24 heavy (non-hydrogen) atoms. The number of hydrogen-bond donors (Lipinski definition) is 1. The summed E-state index contributed by atoms with van der Waals surface area (Å²) in [5, 5.41) is 8.42. The minimum Gasteiger partial charge on any atom is -0.324 e. The molecule has 3 rings (SSSR count). The number of carbonyl (C=O) groups is 1. The van der Waals surface area contributed by atoms with Crippen molar-refractivity contribution in [2.45, 2.75) is 6.54 Å². The van der Waals surface area contributed by atoms with E-state index >= 15 is 0 Å². The second-order valence-corrected chi connectivity index (χ2v) is 5.82. The van der Waals surface area contributed by atoms with Gasteiger partial charge in [0.25, 0.3) is 5.56 Å². The molecule has 0 fully saturated rings. The Bertz CT molecular complexity index is 939. The van der Waals surface area contributed by atoms with Crippen LogP contribution in [0.5, 0.6) is 0 Å². The number of nitrogens with zero attached hydrogens (tertiary/aromatic N) is 2. The van der Waals surface area contributed by atoms with Gasteiger partial charge in [-0.25, -0.2) is 13.5 Å². The molecule has 0 spiro atoms. The monoisotopic (exact) mass is 347 g/mol. The van der Waals surface area contributed by atoms with Gasteiger partial charge in [0.15, 0.2) is 11.6 Å². The number of thiophene rings is 1. The van der Waals surface area contributed by atoms with Crippen molar-refractivity contribution in [3.63, 3.8) is 0 Å². The average Bonchev–Trinajstić information content (AvgIpc) is 3.07. The van der Waals surface area contributed by atoms with Crippen molar-refractivity contribution in [2.75, 3.05) is 5.32 Å². The highest BCUT2D eigenvalue weighted by atomic mass is 32.1. The summed E-state index contributed by atoms with van der Waals surface area (Å²) >= 11 is 1.46. The maximum Gasteiger partial charge on any atom is 0.267 e. The van der Waals surface area contributed by atoms with E-state index in [0.717, 1.165) is 21.7 Å². The second kappa shape index (κ2) is 6.71. The van der Waals surface area contributed by atoms with Gasteiger partial charge < -0.3 is 5.32 Å². The van der Waals surface area contributed by atoms with E-state index in [1.807, 2.05) is 17.5 Å². The van der Waals surface area contributed by atoms with E-state index in [4.69, 9.17) is 0 Å². The Morgan fingerprint density at radius 2 is 2.00 bits per heavy atom. The van der Waals surface area contributed by atoms with E-state index < -0.39 is 23.1 Å². The fourth-order valence-electron chi connectivity index (χ4n) is 2.03. The zero-order valence-electron chi connectivity index (χ0n) is 12.2.